The lowest BCUT2D eigenvalue weighted by molar-refractivity contribution is 0.0702. The number of rotatable bonds is 4. The summed E-state index contributed by atoms with van der Waals surface area (Å²) in [7, 11) is 0. The molecule has 2 aromatic heterocycles. The van der Waals surface area contributed by atoms with Gasteiger partial charge >= 0.3 is 0 Å². The van der Waals surface area contributed by atoms with E-state index in [4.69, 9.17) is 4.42 Å². The summed E-state index contributed by atoms with van der Waals surface area (Å²) in [5.74, 6) is 2.40. The van der Waals surface area contributed by atoms with Gasteiger partial charge in [0.15, 0.2) is 0 Å². The van der Waals surface area contributed by atoms with Crippen molar-refractivity contribution in [3.8, 4) is 0 Å². The van der Waals surface area contributed by atoms with Crippen LogP contribution in [0.15, 0.2) is 35.4 Å². The van der Waals surface area contributed by atoms with Gasteiger partial charge in [-0.25, -0.2) is 4.98 Å². The van der Waals surface area contributed by atoms with Crippen molar-refractivity contribution in [2.45, 2.75) is 38.1 Å². The van der Waals surface area contributed by atoms with Crippen LogP contribution in [0.1, 0.15) is 47.8 Å². The van der Waals surface area contributed by atoms with Crippen molar-refractivity contribution < 1.29 is 9.21 Å². The monoisotopic (exact) mass is 299 g/mol. The van der Waals surface area contributed by atoms with Gasteiger partial charge < -0.3 is 13.9 Å². The molecule has 0 radical (unpaired) electrons. The quantitative estimate of drug-likeness (QED) is 0.872. The molecule has 1 atom stereocenters. The van der Waals surface area contributed by atoms with Crippen LogP contribution in [0.3, 0.4) is 0 Å². The zero-order valence-corrected chi connectivity index (χ0v) is 12.6. The smallest absolute Gasteiger partial charge is 0.257 e. The molecule has 2 aliphatic rings. The van der Waals surface area contributed by atoms with Gasteiger partial charge in [-0.05, 0) is 37.7 Å². The predicted molar refractivity (Wildman–Crippen MR) is 81.5 cm³/mol. The molecule has 1 saturated carbocycles. The first kappa shape index (κ1) is 13.6. The fourth-order valence-corrected chi connectivity index (χ4v) is 3.35. The van der Waals surface area contributed by atoms with Gasteiger partial charge in [0.1, 0.15) is 12.1 Å². The summed E-state index contributed by atoms with van der Waals surface area (Å²) in [6, 6.07) is 1.74. The van der Waals surface area contributed by atoms with Crippen LogP contribution in [-0.4, -0.2) is 33.4 Å². The molecular weight excluding hydrogens is 278 g/mol. The summed E-state index contributed by atoms with van der Waals surface area (Å²) in [5.41, 5.74) is 0.641. The minimum absolute atomic E-state index is 0.0683. The lowest BCUT2D eigenvalue weighted by Gasteiger charge is -2.32. The van der Waals surface area contributed by atoms with Gasteiger partial charge in [0.2, 0.25) is 0 Å². The van der Waals surface area contributed by atoms with E-state index in [1.54, 1.807) is 12.3 Å². The van der Waals surface area contributed by atoms with E-state index in [2.05, 4.69) is 15.7 Å². The van der Waals surface area contributed by atoms with E-state index in [9.17, 15) is 4.79 Å². The summed E-state index contributed by atoms with van der Waals surface area (Å²) in [6.07, 6.45) is 11.9. The molecule has 1 aliphatic carbocycles. The number of amides is 1. The molecule has 0 aromatic carbocycles. The van der Waals surface area contributed by atoms with E-state index in [0.717, 1.165) is 44.2 Å². The van der Waals surface area contributed by atoms with Gasteiger partial charge in [-0.15, -0.1) is 0 Å². The lowest BCUT2D eigenvalue weighted by atomic mass is 9.96. The number of furan rings is 1. The first-order valence-electron chi connectivity index (χ1n) is 8.14. The number of hydrogen-bond acceptors (Lipinski definition) is 3. The molecule has 1 unspecified atom stereocenters. The van der Waals surface area contributed by atoms with Crippen molar-refractivity contribution in [1.29, 1.82) is 0 Å². The molecule has 2 aromatic rings. The Morgan fingerprint density at radius 2 is 2.27 bits per heavy atom. The maximum absolute atomic E-state index is 12.5. The molecule has 0 bridgehead atoms. The minimum atomic E-state index is 0.0683. The van der Waals surface area contributed by atoms with E-state index in [0.29, 0.717) is 11.5 Å². The van der Waals surface area contributed by atoms with Crippen LogP contribution < -0.4 is 0 Å². The molecule has 2 fully saturated rings. The highest BCUT2D eigenvalue weighted by molar-refractivity contribution is 5.93. The van der Waals surface area contributed by atoms with Crippen LogP contribution in [0.2, 0.25) is 0 Å². The fourth-order valence-electron chi connectivity index (χ4n) is 3.35. The number of likely N-dealkylation sites (tertiary alicyclic amines) is 1. The Hall–Kier alpha value is -2.04. The summed E-state index contributed by atoms with van der Waals surface area (Å²) >= 11 is 0. The third kappa shape index (κ3) is 2.67. The number of imidazole rings is 1. The van der Waals surface area contributed by atoms with E-state index in [-0.39, 0.29) is 5.91 Å². The molecule has 5 heteroatoms. The van der Waals surface area contributed by atoms with Gasteiger partial charge in [0.25, 0.3) is 5.91 Å². The Morgan fingerprint density at radius 1 is 1.36 bits per heavy atom. The van der Waals surface area contributed by atoms with E-state index < -0.39 is 0 Å². The molecule has 0 spiro atoms. The van der Waals surface area contributed by atoms with Crippen molar-refractivity contribution in [2.24, 2.45) is 5.92 Å². The predicted octanol–water partition coefficient (Wildman–Crippen LogP) is 2.91. The van der Waals surface area contributed by atoms with E-state index in [1.807, 2.05) is 11.1 Å². The third-order valence-corrected chi connectivity index (χ3v) is 4.74. The second-order valence-corrected chi connectivity index (χ2v) is 6.48. The van der Waals surface area contributed by atoms with E-state index in [1.165, 1.54) is 19.1 Å². The van der Waals surface area contributed by atoms with Crippen molar-refractivity contribution in [1.82, 2.24) is 14.5 Å². The summed E-state index contributed by atoms with van der Waals surface area (Å²) < 4.78 is 7.33. The highest BCUT2D eigenvalue weighted by Crippen LogP contribution is 2.33. The number of hydrogen-bond donors (Lipinski definition) is 0. The van der Waals surface area contributed by atoms with Crippen molar-refractivity contribution in [2.75, 3.05) is 13.1 Å². The van der Waals surface area contributed by atoms with Crippen molar-refractivity contribution in [3.63, 3.8) is 0 Å². The van der Waals surface area contributed by atoms with Crippen LogP contribution in [-0.2, 0) is 6.54 Å². The van der Waals surface area contributed by atoms with Crippen LogP contribution in [0.25, 0.3) is 0 Å². The molecule has 3 heterocycles. The lowest BCUT2D eigenvalue weighted by Crippen LogP contribution is -2.39. The van der Waals surface area contributed by atoms with Crippen molar-refractivity contribution in [3.05, 3.63) is 42.4 Å². The van der Waals surface area contributed by atoms with E-state index >= 15 is 0 Å². The summed E-state index contributed by atoms with van der Waals surface area (Å²) in [6.45, 7) is 2.66. The minimum Gasteiger partial charge on any atom is -0.472 e. The van der Waals surface area contributed by atoms with Crippen LogP contribution in [0, 0.1) is 5.92 Å². The molecule has 116 valence electrons. The number of nitrogens with zero attached hydrogens (tertiary/aromatic N) is 3. The molecule has 1 aliphatic heterocycles. The topological polar surface area (TPSA) is 51.3 Å². The maximum Gasteiger partial charge on any atom is 0.257 e. The Balaban J connectivity index is 1.48. The summed E-state index contributed by atoms with van der Waals surface area (Å²) in [5, 5.41) is 0. The Bertz CT molecular complexity index is 643. The van der Waals surface area contributed by atoms with Gasteiger partial charge in [0.05, 0.1) is 11.8 Å². The molecule has 5 nitrogen and oxygen atoms in total. The van der Waals surface area contributed by atoms with Crippen molar-refractivity contribution >= 4 is 5.91 Å². The number of carbonyl (C=O) groups excluding carboxylic acids is 1. The van der Waals surface area contributed by atoms with Gasteiger partial charge in [-0.2, -0.15) is 0 Å². The first-order valence-corrected chi connectivity index (χ1v) is 8.14. The maximum atomic E-state index is 12.5. The molecule has 1 saturated heterocycles. The summed E-state index contributed by atoms with van der Waals surface area (Å²) in [4.78, 5) is 19.0. The fraction of sp³-hybridized carbons (Fsp3) is 0.529. The standard InChI is InChI=1S/C17H21N3O2/c21-17(15-5-9-22-12-15)20-7-1-2-14(11-20)16-18-6-8-19(16)10-13-3-4-13/h5-6,8-9,12-14H,1-4,7,10-11H2. The SMILES string of the molecule is O=C(c1ccoc1)N1CCCC(c2nccn2CC2CC2)C1. The normalized spacial score (nSPS) is 22.0. The zero-order chi connectivity index (χ0) is 14.9. The zero-order valence-electron chi connectivity index (χ0n) is 12.6. The van der Waals surface area contributed by atoms with Crippen LogP contribution in [0.5, 0.6) is 0 Å². The Kier molecular flexibility index (Phi) is 3.48. The Morgan fingerprint density at radius 3 is 3.05 bits per heavy atom. The number of aromatic nitrogens is 2. The van der Waals surface area contributed by atoms with Gasteiger partial charge in [0, 0.05) is 37.9 Å². The average Bonchev–Trinajstić information content (AvgIpc) is 3.04. The highest BCUT2D eigenvalue weighted by atomic mass is 16.3. The Labute approximate surface area is 129 Å². The number of carbonyl (C=O) groups is 1. The van der Waals surface area contributed by atoms with Crippen LogP contribution in [0.4, 0.5) is 0 Å². The highest BCUT2D eigenvalue weighted by Gasteiger charge is 2.30. The average molecular weight is 299 g/mol. The molecule has 1 amide bonds. The first-order chi connectivity index (χ1) is 10.8. The largest absolute Gasteiger partial charge is 0.472 e. The van der Waals surface area contributed by atoms with Gasteiger partial charge in [-0.3, -0.25) is 4.79 Å². The van der Waals surface area contributed by atoms with Gasteiger partial charge in [-0.1, -0.05) is 0 Å². The molecule has 22 heavy (non-hydrogen) atoms. The number of piperidine rings is 1. The molecule has 0 N–H and O–H groups in total. The van der Waals surface area contributed by atoms with Crippen LogP contribution >= 0.6 is 0 Å². The second-order valence-electron chi connectivity index (χ2n) is 6.48. The molecular formula is C17H21N3O2. The molecule has 4 rings (SSSR count). The third-order valence-electron chi connectivity index (χ3n) is 4.74. The second kappa shape index (κ2) is 5.63.